The van der Waals surface area contributed by atoms with Gasteiger partial charge in [-0.05, 0) is 83.5 Å². The van der Waals surface area contributed by atoms with Crippen molar-refractivity contribution in [1.82, 2.24) is 0 Å². The maximum absolute atomic E-state index is 13.2. The Morgan fingerprint density at radius 1 is 0.420 bits per heavy atom. The fourth-order valence-electron chi connectivity index (χ4n) is 10.0. The van der Waals surface area contributed by atoms with Gasteiger partial charge in [-0.15, -0.1) is 0 Å². The standard InChI is InChI=1S/C69H120O12/c1-4-7-10-13-16-19-22-25-27-29-31-33-35-38-40-43-46-49-52-55-61(70)77-58-60(79-62(71)56-53-50-47-44-41-37-24-21-18-15-12-9-6-3)59-78-69-67(65(74)64(73)66(81-69)68(75)76)80-63(72)57-54-51-48-45-42-39-36-34-32-30-28-26-23-20-17-14-11-8-5-2/h9,12,16,18-19,21,25,27,37,41,60,64-67,69,73-74H,4-8,10-11,13-15,17,20,22-24,26,28-36,38-40,42-59H2,1-3H3,(H,75,76)/b12-9-,19-16-,21-18-,27-25-,41-37-. The minimum absolute atomic E-state index is 0.0600. The highest BCUT2D eigenvalue weighted by molar-refractivity contribution is 5.74. The molecule has 1 heterocycles. The number of carboxylic acid groups (broad SMARTS) is 1. The third-order valence-corrected chi connectivity index (χ3v) is 15.1. The molecule has 3 N–H and O–H groups in total. The van der Waals surface area contributed by atoms with Crippen molar-refractivity contribution in [1.29, 1.82) is 0 Å². The van der Waals surface area contributed by atoms with Crippen LogP contribution in [-0.4, -0.2) is 89.2 Å². The lowest BCUT2D eigenvalue weighted by Gasteiger charge is -2.40. The molecule has 1 rings (SSSR count). The SMILES string of the molecule is CC/C=C\C/C=C\C/C=C\CCCCCC(=O)OC(COC(=O)CCCCCCCCCCC/C=C\C/C=C\CCCCC)COC1OC(C(=O)O)C(O)C(O)C1OC(=O)CCCCCCCCCCCCCCCCCCCCC. The van der Waals surface area contributed by atoms with Gasteiger partial charge in [-0.25, -0.2) is 4.79 Å². The number of allylic oxidation sites excluding steroid dienone is 10. The van der Waals surface area contributed by atoms with Gasteiger partial charge in [0.1, 0.15) is 18.8 Å². The molecule has 0 spiro atoms. The summed E-state index contributed by atoms with van der Waals surface area (Å²) in [7, 11) is 0. The largest absolute Gasteiger partial charge is 0.479 e. The topological polar surface area (TPSA) is 175 Å². The summed E-state index contributed by atoms with van der Waals surface area (Å²) in [4.78, 5) is 51.3. The predicted molar refractivity (Wildman–Crippen MR) is 331 cm³/mol. The van der Waals surface area contributed by atoms with Gasteiger partial charge in [0.05, 0.1) is 6.61 Å². The van der Waals surface area contributed by atoms with Crippen LogP contribution in [0.3, 0.4) is 0 Å². The highest BCUT2D eigenvalue weighted by atomic mass is 16.7. The zero-order valence-electron chi connectivity index (χ0n) is 51.8. The number of rotatable bonds is 57. The van der Waals surface area contributed by atoms with Gasteiger partial charge in [-0.3, -0.25) is 14.4 Å². The first kappa shape index (κ1) is 75.4. The summed E-state index contributed by atoms with van der Waals surface area (Å²) in [6, 6.07) is 0. The molecule has 12 heteroatoms. The Labute approximate surface area is 494 Å². The first-order chi connectivity index (χ1) is 39.6. The van der Waals surface area contributed by atoms with E-state index in [-0.39, 0.29) is 25.9 Å². The summed E-state index contributed by atoms with van der Waals surface area (Å²) < 4.78 is 28.5. The van der Waals surface area contributed by atoms with Crippen molar-refractivity contribution in [3.05, 3.63) is 60.8 Å². The fourth-order valence-corrected chi connectivity index (χ4v) is 10.0. The number of carbonyl (C=O) groups is 4. The van der Waals surface area contributed by atoms with Crippen molar-refractivity contribution in [2.24, 2.45) is 0 Å². The highest BCUT2D eigenvalue weighted by Crippen LogP contribution is 2.27. The highest BCUT2D eigenvalue weighted by Gasteiger charge is 2.50. The predicted octanol–water partition coefficient (Wildman–Crippen LogP) is 17.9. The molecule has 1 aliphatic rings. The quantitative estimate of drug-likeness (QED) is 0.0228. The lowest BCUT2D eigenvalue weighted by molar-refractivity contribution is -0.301. The van der Waals surface area contributed by atoms with E-state index in [2.05, 4.69) is 81.5 Å². The lowest BCUT2D eigenvalue weighted by atomic mass is 9.98. The number of aliphatic hydroxyl groups is 2. The van der Waals surface area contributed by atoms with E-state index in [1.165, 1.54) is 148 Å². The number of esters is 3. The van der Waals surface area contributed by atoms with Gasteiger partial charge in [-0.1, -0.05) is 261 Å². The molecule has 1 aliphatic heterocycles. The number of hydrogen-bond donors (Lipinski definition) is 3. The Kier molecular flexibility index (Phi) is 53.0. The van der Waals surface area contributed by atoms with Gasteiger partial charge in [0.15, 0.2) is 24.6 Å². The van der Waals surface area contributed by atoms with Gasteiger partial charge >= 0.3 is 23.9 Å². The van der Waals surface area contributed by atoms with E-state index in [1.54, 1.807) is 0 Å². The smallest absolute Gasteiger partial charge is 0.335 e. The molecule has 81 heavy (non-hydrogen) atoms. The van der Waals surface area contributed by atoms with E-state index < -0.39 is 67.3 Å². The van der Waals surface area contributed by atoms with Crippen LogP contribution >= 0.6 is 0 Å². The number of carboxylic acids is 1. The number of hydrogen-bond acceptors (Lipinski definition) is 11. The molecule has 6 atom stereocenters. The van der Waals surface area contributed by atoms with Crippen molar-refractivity contribution < 1.29 is 58.2 Å². The number of unbranched alkanes of at least 4 members (excludes halogenated alkanes) is 33. The van der Waals surface area contributed by atoms with Crippen LogP contribution in [0.5, 0.6) is 0 Å². The molecule has 12 nitrogen and oxygen atoms in total. The third-order valence-electron chi connectivity index (χ3n) is 15.1. The van der Waals surface area contributed by atoms with Gasteiger partial charge < -0.3 is 39.0 Å². The Hall–Kier alpha value is -3.58. The van der Waals surface area contributed by atoms with Crippen LogP contribution in [0.15, 0.2) is 60.8 Å². The zero-order chi connectivity index (χ0) is 58.9. The van der Waals surface area contributed by atoms with Crippen molar-refractivity contribution in [2.45, 2.75) is 340 Å². The molecule has 0 aromatic heterocycles. The van der Waals surface area contributed by atoms with Gasteiger partial charge in [0.25, 0.3) is 0 Å². The Balaban J connectivity index is 2.62. The van der Waals surface area contributed by atoms with Crippen LogP contribution in [0.1, 0.15) is 303 Å². The van der Waals surface area contributed by atoms with Crippen molar-refractivity contribution in [3.63, 3.8) is 0 Å². The molecule has 0 aromatic rings. The Morgan fingerprint density at radius 3 is 1.22 bits per heavy atom. The van der Waals surface area contributed by atoms with Crippen LogP contribution in [-0.2, 0) is 42.9 Å². The van der Waals surface area contributed by atoms with E-state index >= 15 is 0 Å². The van der Waals surface area contributed by atoms with E-state index in [9.17, 15) is 34.5 Å². The molecular weight excluding hydrogens is 1020 g/mol. The maximum Gasteiger partial charge on any atom is 0.335 e. The minimum Gasteiger partial charge on any atom is -0.479 e. The van der Waals surface area contributed by atoms with E-state index in [0.717, 1.165) is 96.3 Å². The van der Waals surface area contributed by atoms with E-state index in [1.807, 2.05) is 0 Å². The third kappa shape index (κ3) is 46.5. The average molecular weight is 1140 g/mol. The van der Waals surface area contributed by atoms with Gasteiger partial charge in [0, 0.05) is 19.3 Å². The molecule has 468 valence electrons. The fraction of sp³-hybridized carbons (Fsp3) is 0.797. The Bertz CT molecular complexity index is 1640. The summed E-state index contributed by atoms with van der Waals surface area (Å²) in [5.74, 6) is -3.14. The lowest BCUT2D eigenvalue weighted by Crippen LogP contribution is -2.61. The monoisotopic (exact) mass is 1140 g/mol. The molecule has 0 radical (unpaired) electrons. The second-order valence-corrected chi connectivity index (χ2v) is 22.7. The summed E-state index contributed by atoms with van der Waals surface area (Å²) >= 11 is 0. The summed E-state index contributed by atoms with van der Waals surface area (Å²) in [5, 5.41) is 31.6. The molecule has 0 saturated carbocycles. The second-order valence-electron chi connectivity index (χ2n) is 22.7. The molecule has 0 amide bonds. The van der Waals surface area contributed by atoms with E-state index in [4.69, 9.17) is 23.7 Å². The summed E-state index contributed by atoms with van der Waals surface area (Å²) in [6.45, 7) is 5.87. The van der Waals surface area contributed by atoms with Crippen LogP contribution in [0.2, 0.25) is 0 Å². The molecule has 1 fully saturated rings. The minimum atomic E-state index is -1.91. The molecule has 0 aromatic carbocycles. The van der Waals surface area contributed by atoms with Crippen LogP contribution in [0.4, 0.5) is 0 Å². The first-order valence-electron chi connectivity index (χ1n) is 33.3. The van der Waals surface area contributed by atoms with E-state index in [0.29, 0.717) is 19.3 Å². The maximum atomic E-state index is 13.2. The number of aliphatic hydroxyl groups excluding tert-OH is 2. The van der Waals surface area contributed by atoms with Crippen molar-refractivity contribution in [2.75, 3.05) is 13.2 Å². The molecular formula is C69H120O12. The Morgan fingerprint density at radius 2 is 0.778 bits per heavy atom. The van der Waals surface area contributed by atoms with Crippen LogP contribution in [0.25, 0.3) is 0 Å². The van der Waals surface area contributed by atoms with Crippen LogP contribution < -0.4 is 0 Å². The molecule has 0 aliphatic carbocycles. The van der Waals surface area contributed by atoms with Gasteiger partial charge in [-0.2, -0.15) is 0 Å². The molecule has 0 bridgehead atoms. The second kappa shape index (κ2) is 56.9. The normalized spacial score (nSPS) is 18.1. The first-order valence-corrected chi connectivity index (χ1v) is 33.3. The molecule has 1 saturated heterocycles. The van der Waals surface area contributed by atoms with Gasteiger partial charge in [0.2, 0.25) is 0 Å². The van der Waals surface area contributed by atoms with Crippen molar-refractivity contribution in [3.8, 4) is 0 Å². The molecule has 6 unspecified atom stereocenters. The number of aliphatic carboxylic acids is 1. The summed E-state index contributed by atoms with van der Waals surface area (Å²) in [5.41, 5.74) is 0. The zero-order valence-corrected chi connectivity index (χ0v) is 51.8. The average Bonchev–Trinajstić information content (AvgIpc) is 3.54. The number of carbonyl (C=O) groups excluding carboxylic acids is 3. The number of ether oxygens (including phenoxy) is 5. The van der Waals surface area contributed by atoms with Crippen LogP contribution in [0, 0.1) is 0 Å². The van der Waals surface area contributed by atoms with Crippen molar-refractivity contribution >= 4 is 23.9 Å². The summed E-state index contributed by atoms with van der Waals surface area (Å²) in [6.07, 6.45) is 59.0.